The van der Waals surface area contributed by atoms with E-state index in [4.69, 9.17) is 10.8 Å². The molecule has 4 N–H and O–H groups in total. The minimum Gasteiger partial charge on any atom is -0.396 e. The first-order valence-corrected chi connectivity index (χ1v) is 5.26. The van der Waals surface area contributed by atoms with Crippen LogP contribution in [0.15, 0.2) is 0 Å². The van der Waals surface area contributed by atoms with E-state index < -0.39 is 6.04 Å². The molecule has 1 unspecified atom stereocenters. The van der Waals surface area contributed by atoms with E-state index in [9.17, 15) is 4.79 Å². The van der Waals surface area contributed by atoms with E-state index in [1.807, 2.05) is 0 Å². The van der Waals surface area contributed by atoms with E-state index in [2.05, 4.69) is 12.2 Å². The molecule has 4 nitrogen and oxygen atoms in total. The Hall–Kier alpha value is -0.610. The predicted octanol–water partition coefficient (Wildman–Crippen LogP) is 0.249. The number of hydrogen-bond acceptors (Lipinski definition) is 3. The van der Waals surface area contributed by atoms with Crippen molar-refractivity contribution in [2.24, 2.45) is 11.7 Å². The van der Waals surface area contributed by atoms with Gasteiger partial charge < -0.3 is 16.2 Å². The van der Waals surface area contributed by atoms with Gasteiger partial charge in [-0.15, -0.1) is 0 Å². The summed E-state index contributed by atoms with van der Waals surface area (Å²) in [5, 5.41) is 11.6. The van der Waals surface area contributed by atoms with Crippen molar-refractivity contribution in [3.8, 4) is 0 Å². The lowest BCUT2D eigenvalue weighted by Gasteiger charge is -2.16. The van der Waals surface area contributed by atoms with Gasteiger partial charge in [0, 0.05) is 13.2 Å². The van der Waals surface area contributed by atoms with Crippen LogP contribution in [0.5, 0.6) is 0 Å². The highest BCUT2D eigenvalue weighted by atomic mass is 16.3. The van der Waals surface area contributed by atoms with Crippen molar-refractivity contribution in [1.29, 1.82) is 0 Å². The van der Waals surface area contributed by atoms with Crippen LogP contribution in [0.25, 0.3) is 0 Å². The summed E-state index contributed by atoms with van der Waals surface area (Å²) in [5.41, 5.74) is 5.41. The molecule has 0 aliphatic carbocycles. The molecule has 1 amide bonds. The minimum absolute atomic E-state index is 0.121. The minimum atomic E-state index is -0.452. The lowest BCUT2D eigenvalue weighted by molar-refractivity contribution is -0.122. The highest BCUT2D eigenvalue weighted by Gasteiger charge is 2.11. The van der Waals surface area contributed by atoms with Crippen LogP contribution >= 0.6 is 0 Å². The molecule has 0 heterocycles. The van der Waals surface area contributed by atoms with Crippen molar-refractivity contribution >= 4 is 5.91 Å². The van der Waals surface area contributed by atoms with Gasteiger partial charge in [0.25, 0.3) is 0 Å². The average molecular weight is 202 g/mol. The number of rotatable bonds is 7. The highest BCUT2D eigenvalue weighted by Crippen LogP contribution is 2.09. The van der Waals surface area contributed by atoms with Crippen LogP contribution in [-0.2, 0) is 4.79 Å². The first-order chi connectivity index (χ1) is 6.61. The molecule has 0 radical (unpaired) electrons. The van der Waals surface area contributed by atoms with Gasteiger partial charge in [0.15, 0.2) is 0 Å². The molecule has 14 heavy (non-hydrogen) atoms. The van der Waals surface area contributed by atoms with Gasteiger partial charge in [-0.1, -0.05) is 13.3 Å². The molecule has 0 fully saturated rings. The van der Waals surface area contributed by atoms with E-state index in [0.29, 0.717) is 12.5 Å². The van der Waals surface area contributed by atoms with Crippen LogP contribution in [0.1, 0.15) is 33.1 Å². The van der Waals surface area contributed by atoms with Gasteiger partial charge in [-0.25, -0.2) is 0 Å². The summed E-state index contributed by atoms with van der Waals surface area (Å²) in [5.74, 6) is 0.247. The van der Waals surface area contributed by atoms with Crippen molar-refractivity contribution in [2.75, 3.05) is 13.2 Å². The highest BCUT2D eigenvalue weighted by molar-refractivity contribution is 5.80. The Morgan fingerprint density at radius 3 is 2.57 bits per heavy atom. The molecule has 0 aromatic rings. The topological polar surface area (TPSA) is 75.3 Å². The number of nitrogens with one attached hydrogen (secondary N) is 1. The maximum Gasteiger partial charge on any atom is 0.236 e. The zero-order chi connectivity index (χ0) is 11.0. The Morgan fingerprint density at radius 1 is 1.50 bits per heavy atom. The van der Waals surface area contributed by atoms with Crippen LogP contribution in [0.3, 0.4) is 0 Å². The Bertz CT molecular complexity index is 154. The fourth-order valence-electron chi connectivity index (χ4n) is 1.35. The van der Waals surface area contributed by atoms with Crippen molar-refractivity contribution in [3.05, 3.63) is 0 Å². The quantitative estimate of drug-likeness (QED) is 0.554. The molecule has 0 aliphatic rings. The van der Waals surface area contributed by atoms with Crippen molar-refractivity contribution in [2.45, 2.75) is 39.2 Å². The van der Waals surface area contributed by atoms with E-state index in [-0.39, 0.29) is 12.5 Å². The summed E-state index contributed by atoms with van der Waals surface area (Å²) in [4.78, 5) is 11.2. The van der Waals surface area contributed by atoms with Gasteiger partial charge in [-0.2, -0.15) is 0 Å². The Morgan fingerprint density at radius 2 is 2.14 bits per heavy atom. The zero-order valence-electron chi connectivity index (χ0n) is 9.12. The molecule has 2 atom stereocenters. The molecular formula is C10H22N2O2. The van der Waals surface area contributed by atoms with Crippen LogP contribution in [0, 0.1) is 5.92 Å². The number of carbonyl (C=O) groups is 1. The van der Waals surface area contributed by atoms with Gasteiger partial charge in [-0.05, 0) is 25.7 Å². The third kappa shape index (κ3) is 5.94. The van der Waals surface area contributed by atoms with E-state index in [1.165, 1.54) is 0 Å². The van der Waals surface area contributed by atoms with Gasteiger partial charge in [0.1, 0.15) is 0 Å². The Kier molecular flexibility index (Phi) is 7.42. The number of aliphatic hydroxyl groups excluding tert-OH is 1. The average Bonchev–Trinajstić information content (AvgIpc) is 2.14. The molecule has 0 spiro atoms. The van der Waals surface area contributed by atoms with Crippen molar-refractivity contribution in [3.63, 3.8) is 0 Å². The lowest BCUT2D eigenvalue weighted by Crippen LogP contribution is -2.40. The SMILES string of the molecule is CCCC(CCO)CNC(=O)[C@@H](C)N. The van der Waals surface area contributed by atoms with Crippen LogP contribution in [0.2, 0.25) is 0 Å². The lowest BCUT2D eigenvalue weighted by atomic mass is 10.0. The first kappa shape index (κ1) is 13.4. The number of aliphatic hydroxyl groups is 1. The van der Waals surface area contributed by atoms with E-state index in [0.717, 1.165) is 19.3 Å². The Labute approximate surface area is 85.9 Å². The molecular weight excluding hydrogens is 180 g/mol. The van der Waals surface area contributed by atoms with Gasteiger partial charge >= 0.3 is 0 Å². The number of amides is 1. The maximum atomic E-state index is 11.2. The van der Waals surface area contributed by atoms with Gasteiger partial charge in [-0.3, -0.25) is 4.79 Å². The summed E-state index contributed by atoms with van der Waals surface area (Å²) < 4.78 is 0. The number of carbonyl (C=O) groups excluding carboxylic acids is 1. The smallest absolute Gasteiger partial charge is 0.236 e. The molecule has 0 aliphatic heterocycles. The molecule has 84 valence electrons. The third-order valence-electron chi connectivity index (χ3n) is 2.21. The monoisotopic (exact) mass is 202 g/mol. The summed E-state index contributed by atoms with van der Waals surface area (Å²) in [7, 11) is 0. The standard InChI is InChI=1S/C10H22N2O2/c1-3-4-9(5-6-13)7-12-10(14)8(2)11/h8-9,13H,3-7,11H2,1-2H3,(H,12,14)/t8-,9?/m1/s1. The molecule has 0 aromatic heterocycles. The Balaban J connectivity index is 3.74. The van der Waals surface area contributed by atoms with Crippen molar-refractivity contribution < 1.29 is 9.90 Å². The third-order valence-corrected chi connectivity index (χ3v) is 2.21. The second-order valence-corrected chi connectivity index (χ2v) is 3.70. The molecule has 0 bridgehead atoms. The second kappa shape index (κ2) is 7.76. The molecule has 4 heteroatoms. The van der Waals surface area contributed by atoms with Crippen LogP contribution < -0.4 is 11.1 Å². The number of hydrogen-bond donors (Lipinski definition) is 3. The van der Waals surface area contributed by atoms with Gasteiger partial charge in [0.2, 0.25) is 5.91 Å². The summed E-state index contributed by atoms with van der Waals surface area (Å²) >= 11 is 0. The fourth-order valence-corrected chi connectivity index (χ4v) is 1.35. The molecule has 0 aromatic carbocycles. The summed E-state index contributed by atoms with van der Waals surface area (Å²) in [6.45, 7) is 4.56. The van der Waals surface area contributed by atoms with Crippen LogP contribution in [0.4, 0.5) is 0 Å². The summed E-state index contributed by atoms with van der Waals surface area (Å²) in [6.07, 6.45) is 2.84. The zero-order valence-corrected chi connectivity index (χ0v) is 9.12. The molecule has 0 saturated heterocycles. The molecule has 0 rings (SSSR count). The second-order valence-electron chi connectivity index (χ2n) is 3.70. The van der Waals surface area contributed by atoms with Gasteiger partial charge in [0.05, 0.1) is 6.04 Å². The fraction of sp³-hybridized carbons (Fsp3) is 0.900. The maximum absolute atomic E-state index is 11.2. The normalized spacial score (nSPS) is 14.9. The predicted molar refractivity (Wildman–Crippen MR) is 56.8 cm³/mol. The van der Waals surface area contributed by atoms with Crippen molar-refractivity contribution in [1.82, 2.24) is 5.32 Å². The van der Waals surface area contributed by atoms with Crippen LogP contribution in [-0.4, -0.2) is 30.2 Å². The van der Waals surface area contributed by atoms with E-state index >= 15 is 0 Å². The summed E-state index contributed by atoms with van der Waals surface area (Å²) in [6, 6.07) is -0.452. The number of nitrogens with two attached hydrogens (primary N) is 1. The largest absolute Gasteiger partial charge is 0.396 e. The first-order valence-electron chi connectivity index (χ1n) is 5.26. The van der Waals surface area contributed by atoms with E-state index in [1.54, 1.807) is 6.92 Å². The molecule has 0 saturated carbocycles.